The van der Waals surface area contributed by atoms with Crippen molar-refractivity contribution in [3.05, 3.63) is 67.1 Å². The van der Waals surface area contributed by atoms with E-state index in [1.807, 2.05) is 37.3 Å². The molecule has 0 aliphatic rings. The van der Waals surface area contributed by atoms with Gasteiger partial charge >= 0.3 is 0 Å². The van der Waals surface area contributed by atoms with Crippen LogP contribution in [0.25, 0.3) is 0 Å². The van der Waals surface area contributed by atoms with Gasteiger partial charge in [-0.3, -0.25) is 0 Å². The molecule has 0 aliphatic heterocycles. The van der Waals surface area contributed by atoms with Gasteiger partial charge in [-0.2, -0.15) is 0 Å². The minimum Gasteiger partial charge on any atom is -0.306 e. The molecule has 0 radical (unpaired) electrons. The van der Waals surface area contributed by atoms with Crippen molar-refractivity contribution >= 4 is 50.7 Å². The molecule has 0 saturated heterocycles. The molecule has 1 N–H and O–H groups in total. The molecule has 1 nitrogen and oxygen atoms in total. The molecule has 0 amide bonds. The minimum atomic E-state index is -0.0701. The summed E-state index contributed by atoms with van der Waals surface area (Å²) in [5.74, 6) is 0. The molecule has 0 bridgehead atoms. The Balaban J connectivity index is 2.56. The first-order chi connectivity index (χ1) is 9.54. The maximum Gasteiger partial charge on any atom is 0.0643 e. The summed E-state index contributed by atoms with van der Waals surface area (Å²) in [6.07, 6.45) is 0. The summed E-state index contributed by atoms with van der Waals surface area (Å²) in [6.45, 7) is 2.84. The van der Waals surface area contributed by atoms with E-state index in [4.69, 9.17) is 34.8 Å². The number of rotatable bonds is 4. The van der Waals surface area contributed by atoms with E-state index in [1.165, 1.54) is 0 Å². The molecule has 0 aromatic heterocycles. The zero-order valence-corrected chi connectivity index (χ0v) is 14.6. The Bertz CT molecular complexity index is 614. The van der Waals surface area contributed by atoms with Gasteiger partial charge in [0.1, 0.15) is 0 Å². The fourth-order valence-electron chi connectivity index (χ4n) is 2.07. The van der Waals surface area contributed by atoms with Gasteiger partial charge < -0.3 is 5.32 Å². The lowest BCUT2D eigenvalue weighted by molar-refractivity contribution is 0.629. The standard InChI is InChI=1S/C15H13BrCl3N/c1-2-20-15(10-4-3-5-13(18)14(10)19)11-8-9(17)6-7-12(11)16/h3-8,15,20H,2H2,1H3. The summed E-state index contributed by atoms with van der Waals surface area (Å²) in [6, 6.07) is 11.3. The van der Waals surface area contributed by atoms with Gasteiger partial charge in [-0.15, -0.1) is 0 Å². The monoisotopic (exact) mass is 391 g/mol. The van der Waals surface area contributed by atoms with Crippen LogP contribution in [-0.4, -0.2) is 6.54 Å². The van der Waals surface area contributed by atoms with Crippen LogP contribution in [0.5, 0.6) is 0 Å². The molecule has 0 fully saturated rings. The Morgan fingerprint density at radius 3 is 2.55 bits per heavy atom. The van der Waals surface area contributed by atoms with E-state index in [0.29, 0.717) is 15.1 Å². The zero-order chi connectivity index (χ0) is 14.7. The lowest BCUT2D eigenvalue weighted by Crippen LogP contribution is -2.22. The highest BCUT2D eigenvalue weighted by molar-refractivity contribution is 9.10. The zero-order valence-electron chi connectivity index (χ0n) is 10.8. The van der Waals surface area contributed by atoms with Crippen LogP contribution in [0.2, 0.25) is 15.1 Å². The Kier molecular flexibility index (Phi) is 5.76. The van der Waals surface area contributed by atoms with Gasteiger partial charge in [-0.05, 0) is 41.9 Å². The van der Waals surface area contributed by atoms with Gasteiger partial charge in [0.15, 0.2) is 0 Å². The van der Waals surface area contributed by atoms with Crippen LogP contribution < -0.4 is 5.32 Å². The van der Waals surface area contributed by atoms with Crippen molar-refractivity contribution in [2.75, 3.05) is 6.54 Å². The molecule has 0 aliphatic carbocycles. The molecule has 0 heterocycles. The van der Waals surface area contributed by atoms with Gasteiger partial charge in [0, 0.05) is 9.50 Å². The Morgan fingerprint density at radius 1 is 1.10 bits per heavy atom. The minimum absolute atomic E-state index is 0.0701. The third-order valence-electron chi connectivity index (χ3n) is 2.97. The van der Waals surface area contributed by atoms with Crippen molar-refractivity contribution < 1.29 is 0 Å². The van der Waals surface area contributed by atoms with Gasteiger partial charge in [0.25, 0.3) is 0 Å². The molecule has 106 valence electrons. The smallest absolute Gasteiger partial charge is 0.0643 e. The first kappa shape index (κ1) is 16.1. The van der Waals surface area contributed by atoms with Gasteiger partial charge in [0.2, 0.25) is 0 Å². The predicted molar refractivity (Wildman–Crippen MR) is 91.1 cm³/mol. The normalized spacial score (nSPS) is 12.4. The quantitative estimate of drug-likeness (QED) is 0.661. The maximum absolute atomic E-state index is 6.35. The second-order valence-corrected chi connectivity index (χ2v) is 6.38. The van der Waals surface area contributed by atoms with E-state index < -0.39 is 0 Å². The highest BCUT2D eigenvalue weighted by Crippen LogP contribution is 2.36. The molecule has 1 unspecified atom stereocenters. The Hall–Kier alpha value is -0.250. The third kappa shape index (κ3) is 3.49. The van der Waals surface area contributed by atoms with E-state index in [2.05, 4.69) is 21.2 Å². The molecule has 5 heteroatoms. The largest absolute Gasteiger partial charge is 0.306 e. The highest BCUT2D eigenvalue weighted by Gasteiger charge is 2.20. The summed E-state index contributed by atoms with van der Waals surface area (Å²) in [4.78, 5) is 0. The van der Waals surface area contributed by atoms with E-state index >= 15 is 0 Å². The van der Waals surface area contributed by atoms with Crippen molar-refractivity contribution in [1.82, 2.24) is 5.32 Å². The maximum atomic E-state index is 6.35. The summed E-state index contributed by atoms with van der Waals surface area (Å²) >= 11 is 22.1. The fourth-order valence-corrected chi connectivity index (χ4v) is 3.14. The molecule has 2 rings (SSSR count). The summed E-state index contributed by atoms with van der Waals surface area (Å²) in [7, 11) is 0. The number of nitrogens with one attached hydrogen (secondary N) is 1. The lowest BCUT2D eigenvalue weighted by atomic mass is 9.98. The van der Waals surface area contributed by atoms with Crippen molar-refractivity contribution in [2.45, 2.75) is 13.0 Å². The van der Waals surface area contributed by atoms with Crippen molar-refractivity contribution in [1.29, 1.82) is 0 Å². The number of hydrogen-bond donors (Lipinski definition) is 1. The van der Waals surface area contributed by atoms with Crippen LogP contribution >= 0.6 is 50.7 Å². The molecule has 0 spiro atoms. The molecular weight excluding hydrogens is 380 g/mol. The Labute approximate surface area is 142 Å². The van der Waals surface area contributed by atoms with Crippen LogP contribution in [0, 0.1) is 0 Å². The average Bonchev–Trinajstić information content (AvgIpc) is 2.43. The number of halogens is 4. The molecule has 2 aromatic carbocycles. The molecule has 1 atom stereocenters. The van der Waals surface area contributed by atoms with E-state index in [9.17, 15) is 0 Å². The Morgan fingerprint density at radius 2 is 1.85 bits per heavy atom. The number of hydrogen-bond acceptors (Lipinski definition) is 1. The topological polar surface area (TPSA) is 12.0 Å². The van der Waals surface area contributed by atoms with Gasteiger partial charge in [0.05, 0.1) is 16.1 Å². The second-order valence-electron chi connectivity index (χ2n) is 4.30. The van der Waals surface area contributed by atoms with Crippen LogP contribution in [0.1, 0.15) is 24.1 Å². The predicted octanol–water partition coefficient (Wildman–Crippen LogP) is 6.11. The van der Waals surface area contributed by atoms with Crippen molar-refractivity contribution in [3.8, 4) is 0 Å². The first-order valence-electron chi connectivity index (χ1n) is 6.16. The van der Waals surface area contributed by atoms with E-state index in [1.54, 1.807) is 6.07 Å². The van der Waals surface area contributed by atoms with Gasteiger partial charge in [-0.1, -0.05) is 69.8 Å². The highest BCUT2D eigenvalue weighted by atomic mass is 79.9. The van der Waals surface area contributed by atoms with E-state index in [-0.39, 0.29) is 6.04 Å². The van der Waals surface area contributed by atoms with E-state index in [0.717, 1.165) is 22.1 Å². The molecular formula is C15H13BrCl3N. The molecule has 2 aromatic rings. The summed E-state index contributed by atoms with van der Waals surface area (Å²) < 4.78 is 0.976. The van der Waals surface area contributed by atoms with Crippen LogP contribution in [0.4, 0.5) is 0 Å². The van der Waals surface area contributed by atoms with Gasteiger partial charge in [-0.25, -0.2) is 0 Å². The summed E-state index contributed by atoms with van der Waals surface area (Å²) in [5.41, 5.74) is 1.97. The lowest BCUT2D eigenvalue weighted by Gasteiger charge is -2.22. The van der Waals surface area contributed by atoms with Crippen molar-refractivity contribution in [3.63, 3.8) is 0 Å². The van der Waals surface area contributed by atoms with Crippen LogP contribution in [-0.2, 0) is 0 Å². The number of benzene rings is 2. The van der Waals surface area contributed by atoms with Crippen LogP contribution in [0.3, 0.4) is 0 Å². The molecule has 0 saturated carbocycles. The SMILES string of the molecule is CCNC(c1cc(Cl)ccc1Br)c1cccc(Cl)c1Cl. The molecule has 20 heavy (non-hydrogen) atoms. The van der Waals surface area contributed by atoms with Crippen LogP contribution in [0.15, 0.2) is 40.9 Å². The average molecular weight is 394 g/mol. The summed E-state index contributed by atoms with van der Waals surface area (Å²) in [5, 5.41) is 5.21. The fraction of sp³-hybridized carbons (Fsp3) is 0.200. The first-order valence-corrected chi connectivity index (χ1v) is 8.09. The second kappa shape index (κ2) is 7.15. The van der Waals surface area contributed by atoms with Crippen molar-refractivity contribution in [2.24, 2.45) is 0 Å². The third-order valence-corrected chi connectivity index (χ3v) is 4.76.